The summed E-state index contributed by atoms with van der Waals surface area (Å²) in [6, 6.07) is 24.0. The molecule has 0 aliphatic carbocycles. The summed E-state index contributed by atoms with van der Waals surface area (Å²) in [5, 5.41) is 5.85. The number of aromatic nitrogens is 1. The van der Waals surface area contributed by atoms with Crippen LogP contribution in [0.25, 0.3) is 11.3 Å². The minimum absolute atomic E-state index is 0.218. The lowest BCUT2D eigenvalue weighted by Crippen LogP contribution is -2.11. The number of hydrogen-bond donors (Lipinski definition) is 1. The highest BCUT2D eigenvalue weighted by Gasteiger charge is 2.10. The highest BCUT2D eigenvalue weighted by Crippen LogP contribution is 2.28. The van der Waals surface area contributed by atoms with E-state index in [1.165, 1.54) is 11.3 Å². The minimum atomic E-state index is -0.218. The van der Waals surface area contributed by atoms with E-state index < -0.39 is 0 Å². The summed E-state index contributed by atoms with van der Waals surface area (Å²) in [5.74, 6) is 1.32. The van der Waals surface area contributed by atoms with E-state index in [-0.39, 0.29) is 5.91 Å². The zero-order valence-electron chi connectivity index (χ0n) is 14.6. The Hall–Kier alpha value is -3.15. The molecule has 4 nitrogen and oxygen atoms in total. The zero-order valence-corrected chi connectivity index (χ0v) is 16.2. The number of nitrogens with one attached hydrogen (secondary N) is 1. The summed E-state index contributed by atoms with van der Waals surface area (Å²) < 4.78 is 5.80. The third-order valence-electron chi connectivity index (χ3n) is 3.96. The molecule has 28 heavy (non-hydrogen) atoms. The van der Waals surface area contributed by atoms with Crippen molar-refractivity contribution in [2.45, 2.75) is 0 Å². The molecule has 0 aliphatic rings. The average Bonchev–Trinajstić information content (AvgIpc) is 3.18. The first-order valence-electron chi connectivity index (χ1n) is 8.53. The van der Waals surface area contributed by atoms with Crippen LogP contribution in [0.2, 0.25) is 5.02 Å². The van der Waals surface area contributed by atoms with E-state index in [9.17, 15) is 4.79 Å². The number of anilines is 1. The molecule has 1 heterocycles. The van der Waals surface area contributed by atoms with E-state index in [0.29, 0.717) is 15.7 Å². The van der Waals surface area contributed by atoms with Gasteiger partial charge in [0.2, 0.25) is 0 Å². The summed E-state index contributed by atoms with van der Waals surface area (Å²) in [5.41, 5.74) is 2.27. The Balaban J connectivity index is 1.43. The molecule has 0 radical (unpaired) electrons. The van der Waals surface area contributed by atoms with Crippen molar-refractivity contribution < 1.29 is 9.53 Å². The molecule has 0 fully saturated rings. The number of thiazole rings is 1. The molecule has 0 unspecified atom stereocenters. The minimum Gasteiger partial charge on any atom is -0.457 e. The number of rotatable bonds is 5. The largest absolute Gasteiger partial charge is 0.457 e. The van der Waals surface area contributed by atoms with Gasteiger partial charge in [-0.3, -0.25) is 10.1 Å². The van der Waals surface area contributed by atoms with Crippen molar-refractivity contribution >= 4 is 34.0 Å². The molecule has 4 rings (SSSR count). The van der Waals surface area contributed by atoms with Crippen LogP contribution < -0.4 is 10.1 Å². The number of carbonyl (C=O) groups excluding carboxylic acids is 1. The fraction of sp³-hybridized carbons (Fsp3) is 0. The molecule has 0 spiro atoms. The molecule has 1 amide bonds. The van der Waals surface area contributed by atoms with Crippen molar-refractivity contribution in [3.63, 3.8) is 0 Å². The summed E-state index contributed by atoms with van der Waals surface area (Å²) in [6.45, 7) is 0. The zero-order chi connectivity index (χ0) is 19.3. The van der Waals surface area contributed by atoms with Crippen LogP contribution in [0.5, 0.6) is 11.5 Å². The second-order valence-electron chi connectivity index (χ2n) is 5.94. The van der Waals surface area contributed by atoms with Gasteiger partial charge in [0.05, 0.1) is 5.69 Å². The van der Waals surface area contributed by atoms with Crippen LogP contribution in [0.3, 0.4) is 0 Å². The standard InChI is InChI=1S/C22H15ClN2O2S/c23-17-10-6-16(7-11-17)21(26)25-22-24-20(14-28-22)15-8-12-19(13-9-15)27-18-4-2-1-3-5-18/h1-14H,(H,24,25,26). The summed E-state index contributed by atoms with van der Waals surface area (Å²) in [7, 11) is 0. The van der Waals surface area contributed by atoms with Crippen LogP contribution in [0.1, 0.15) is 10.4 Å². The van der Waals surface area contributed by atoms with Crippen LogP contribution in [-0.2, 0) is 0 Å². The fourth-order valence-corrected chi connectivity index (χ4v) is 3.39. The van der Waals surface area contributed by atoms with E-state index in [4.69, 9.17) is 16.3 Å². The third-order valence-corrected chi connectivity index (χ3v) is 4.97. The Kier molecular flexibility index (Phi) is 5.37. The number of ether oxygens (including phenoxy) is 1. The molecule has 1 aromatic heterocycles. The molecule has 3 aromatic carbocycles. The van der Waals surface area contributed by atoms with Crippen molar-refractivity contribution in [2.24, 2.45) is 0 Å². The molecular formula is C22H15ClN2O2S. The van der Waals surface area contributed by atoms with Crippen LogP contribution in [0.15, 0.2) is 84.2 Å². The summed E-state index contributed by atoms with van der Waals surface area (Å²) >= 11 is 7.23. The highest BCUT2D eigenvalue weighted by atomic mass is 35.5. The van der Waals surface area contributed by atoms with Crippen molar-refractivity contribution in [1.29, 1.82) is 0 Å². The number of halogens is 1. The van der Waals surface area contributed by atoms with Gasteiger partial charge in [0.15, 0.2) is 5.13 Å². The second kappa shape index (κ2) is 8.25. The summed E-state index contributed by atoms with van der Waals surface area (Å²) in [4.78, 5) is 16.8. The number of amides is 1. The van der Waals surface area contributed by atoms with Gasteiger partial charge in [-0.1, -0.05) is 29.8 Å². The van der Waals surface area contributed by atoms with Gasteiger partial charge in [-0.2, -0.15) is 0 Å². The van der Waals surface area contributed by atoms with Crippen LogP contribution in [0.4, 0.5) is 5.13 Å². The molecule has 0 saturated carbocycles. The van der Waals surface area contributed by atoms with Crippen molar-refractivity contribution in [3.8, 4) is 22.8 Å². The van der Waals surface area contributed by atoms with E-state index in [1.807, 2.05) is 60.0 Å². The van der Waals surface area contributed by atoms with Crippen molar-refractivity contribution in [3.05, 3.63) is 94.8 Å². The molecule has 0 aliphatic heterocycles. The lowest BCUT2D eigenvalue weighted by atomic mass is 10.2. The van der Waals surface area contributed by atoms with E-state index >= 15 is 0 Å². The molecule has 4 aromatic rings. The van der Waals surface area contributed by atoms with Gasteiger partial charge < -0.3 is 4.74 Å². The molecule has 1 N–H and O–H groups in total. The number of para-hydroxylation sites is 1. The first-order valence-corrected chi connectivity index (χ1v) is 9.79. The van der Waals surface area contributed by atoms with Gasteiger partial charge in [-0.05, 0) is 60.7 Å². The Morgan fingerprint density at radius 1 is 0.893 bits per heavy atom. The highest BCUT2D eigenvalue weighted by molar-refractivity contribution is 7.14. The van der Waals surface area contributed by atoms with E-state index in [0.717, 1.165) is 22.8 Å². The maximum atomic E-state index is 12.3. The average molecular weight is 407 g/mol. The predicted molar refractivity (Wildman–Crippen MR) is 113 cm³/mol. The SMILES string of the molecule is O=C(Nc1nc(-c2ccc(Oc3ccccc3)cc2)cs1)c1ccc(Cl)cc1. The predicted octanol–water partition coefficient (Wildman–Crippen LogP) is 6.51. The maximum absolute atomic E-state index is 12.3. The smallest absolute Gasteiger partial charge is 0.257 e. The van der Waals surface area contributed by atoms with E-state index in [2.05, 4.69) is 10.3 Å². The maximum Gasteiger partial charge on any atom is 0.257 e. The van der Waals surface area contributed by atoms with Crippen LogP contribution in [0, 0.1) is 0 Å². The summed E-state index contributed by atoms with van der Waals surface area (Å²) in [6.07, 6.45) is 0. The van der Waals surface area contributed by atoms with Gasteiger partial charge in [0.1, 0.15) is 11.5 Å². The van der Waals surface area contributed by atoms with Crippen molar-refractivity contribution in [1.82, 2.24) is 4.98 Å². The first kappa shape index (κ1) is 18.2. The molecule has 0 bridgehead atoms. The van der Waals surface area contributed by atoms with Crippen LogP contribution >= 0.6 is 22.9 Å². The number of carbonyl (C=O) groups is 1. The monoisotopic (exact) mass is 406 g/mol. The Morgan fingerprint density at radius 3 is 2.29 bits per heavy atom. The number of benzene rings is 3. The van der Waals surface area contributed by atoms with Crippen molar-refractivity contribution in [2.75, 3.05) is 5.32 Å². The van der Waals surface area contributed by atoms with E-state index in [1.54, 1.807) is 24.3 Å². The van der Waals surface area contributed by atoms with Crippen LogP contribution in [-0.4, -0.2) is 10.9 Å². The molecule has 6 heteroatoms. The van der Waals surface area contributed by atoms with Gasteiger partial charge in [-0.15, -0.1) is 11.3 Å². The van der Waals surface area contributed by atoms with Gasteiger partial charge in [0.25, 0.3) is 5.91 Å². The Bertz CT molecular complexity index is 1080. The third kappa shape index (κ3) is 4.39. The normalized spacial score (nSPS) is 10.5. The van der Waals surface area contributed by atoms with Gasteiger partial charge in [0, 0.05) is 21.5 Å². The molecule has 0 atom stereocenters. The topological polar surface area (TPSA) is 51.2 Å². The van der Waals surface area contributed by atoms with Gasteiger partial charge >= 0.3 is 0 Å². The van der Waals surface area contributed by atoms with Gasteiger partial charge in [-0.25, -0.2) is 4.98 Å². The molecular weight excluding hydrogens is 392 g/mol. The lowest BCUT2D eigenvalue weighted by Gasteiger charge is -2.05. The quantitative estimate of drug-likeness (QED) is 0.411. The Labute approximate surface area is 171 Å². The fourth-order valence-electron chi connectivity index (χ4n) is 2.55. The first-order chi connectivity index (χ1) is 13.7. The number of nitrogens with zero attached hydrogens (tertiary/aromatic N) is 1. The second-order valence-corrected chi connectivity index (χ2v) is 7.23. The Morgan fingerprint density at radius 2 is 1.57 bits per heavy atom. The molecule has 0 saturated heterocycles. The number of hydrogen-bond acceptors (Lipinski definition) is 4. The molecule has 138 valence electrons. The lowest BCUT2D eigenvalue weighted by molar-refractivity contribution is 0.102.